The van der Waals surface area contributed by atoms with E-state index in [1.54, 1.807) is 25.2 Å². The molecule has 2 aliphatic rings. The molecule has 1 fully saturated rings. The highest BCUT2D eigenvalue weighted by atomic mass is 32.2. The minimum absolute atomic E-state index is 0.0109. The van der Waals surface area contributed by atoms with Gasteiger partial charge in [0.2, 0.25) is 5.91 Å². The lowest BCUT2D eigenvalue weighted by atomic mass is 9.86. The van der Waals surface area contributed by atoms with E-state index in [4.69, 9.17) is 9.47 Å². The molecule has 0 bridgehead atoms. The van der Waals surface area contributed by atoms with Crippen molar-refractivity contribution >= 4 is 23.4 Å². The predicted octanol–water partition coefficient (Wildman–Crippen LogP) is 4.23. The molecule has 2 heterocycles. The Morgan fingerprint density at radius 2 is 2.00 bits per heavy atom. The Hall–Kier alpha value is -3.11. The van der Waals surface area contributed by atoms with E-state index >= 15 is 0 Å². The van der Waals surface area contributed by atoms with Gasteiger partial charge >= 0.3 is 0 Å². The molecule has 1 atom stereocenters. The Labute approximate surface area is 180 Å². The van der Waals surface area contributed by atoms with Gasteiger partial charge in [0.15, 0.2) is 0 Å². The lowest BCUT2D eigenvalue weighted by molar-refractivity contribution is -0.129. The number of ether oxygens (including phenoxy) is 2. The number of anilines is 1. The average molecular weight is 422 g/mol. The molecular formula is C23H23N3O3S. The van der Waals surface area contributed by atoms with Gasteiger partial charge in [-0.25, -0.2) is 0 Å². The van der Waals surface area contributed by atoms with Crippen molar-refractivity contribution in [3.8, 4) is 17.6 Å². The van der Waals surface area contributed by atoms with Crippen molar-refractivity contribution in [3.63, 3.8) is 0 Å². The number of hydrogen-bond donors (Lipinski definition) is 0. The van der Waals surface area contributed by atoms with E-state index in [1.807, 2.05) is 24.3 Å². The van der Waals surface area contributed by atoms with Gasteiger partial charge in [-0.3, -0.25) is 9.69 Å². The monoisotopic (exact) mass is 421 g/mol. The van der Waals surface area contributed by atoms with Crippen LogP contribution in [0, 0.1) is 18.3 Å². The maximum absolute atomic E-state index is 13.1. The number of rotatable bonds is 4. The lowest BCUT2D eigenvalue weighted by Gasteiger charge is -2.42. The second-order valence-corrected chi connectivity index (χ2v) is 8.24. The molecule has 0 radical (unpaired) electrons. The largest absolute Gasteiger partial charge is 0.497 e. The molecule has 1 saturated heterocycles. The van der Waals surface area contributed by atoms with Crippen molar-refractivity contribution < 1.29 is 14.3 Å². The van der Waals surface area contributed by atoms with Crippen molar-refractivity contribution in [2.24, 2.45) is 0 Å². The summed E-state index contributed by atoms with van der Waals surface area (Å²) < 4.78 is 10.8. The summed E-state index contributed by atoms with van der Waals surface area (Å²) in [5, 5.41) is 10.7. The van der Waals surface area contributed by atoms with Crippen molar-refractivity contribution in [2.75, 3.05) is 31.7 Å². The molecule has 154 valence electrons. The zero-order chi connectivity index (χ0) is 21.3. The molecule has 0 N–H and O–H groups in total. The first-order valence-electron chi connectivity index (χ1n) is 9.66. The van der Waals surface area contributed by atoms with Gasteiger partial charge in [0.25, 0.3) is 0 Å². The van der Waals surface area contributed by atoms with E-state index in [2.05, 4.69) is 30.0 Å². The molecule has 2 aromatic carbocycles. The first kappa shape index (κ1) is 20.2. The Kier molecular flexibility index (Phi) is 5.60. The van der Waals surface area contributed by atoms with Crippen molar-refractivity contribution in [1.29, 1.82) is 5.26 Å². The highest BCUT2D eigenvalue weighted by molar-refractivity contribution is 8.03. The summed E-state index contributed by atoms with van der Waals surface area (Å²) in [4.78, 5) is 17.0. The molecule has 2 aromatic rings. The molecule has 0 aromatic heterocycles. The van der Waals surface area contributed by atoms with Gasteiger partial charge in [0.05, 0.1) is 43.4 Å². The number of allylic oxidation sites excluding steroid dienone is 1. The third-order valence-corrected chi connectivity index (χ3v) is 6.63. The number of benzene rings is 2. The van der Waals surface area contributed by atoms with Crippen LogP contribution >= 0.6 is 11.8 Å². The molecule has 7 heteroatoms. The number of carbonyl (C=O) groups excluding carboxylic acids is 1. The maximum atomic E-state index is 13.1. The Morgan fingerprint density at radius 1 is 1.17 bits per heavy atom. The average Bonchev–Trinajstić information content (AvgIpc) is 2.78. The van der Waals surface area contributed by atoms with Crippen LogP contribution in [0.15, 0.2) is 53.1 Å². The van der Waals surface area contributed by atoms with Crippen LogP contribution in [0.3, 0.4) is 0 Å². The SMILES string of the molecule is COc1ccc(C2CC(=O)N3CN(c4cccc(C)c4)CSC3=C2C#N)c(OC)c1. The maximum Gasteiger partial charge on any atom is 0.229 e. The fourth-order valence-electron chi connectivity index (χ4n) is 3.92. The number of nitrogens with zero attached hydrogens (tertiary/aromatic N) is 3. The van der Waals surface area contributed by atoms with Crippen LogP contribution in [0.4, 0.5) is 5.69 Å². The fourth-order valence-corrected chi connectivity index (χ4v) is 5.09. The van der Waals surface area contributed by atoms with Crippen molar-refractivity contribution in [3.05, 3.63) is 64.2 Å². The van der Waals surface area contributed by atoms with Gasteiger partial charge in [-0.1, -0.05) is 30.0 Å². The molecule has 0 spiro atoms. The molecule has 2 aliphatic heterocycles. The summed E-state index contributed by atoms with van der Waals surface area (Å²) in [5.41, 5.74) is 3.70. The quantitative estimate of drug-likeness (QED) is 0.736. The number of thioether (sulfide) groups is 1. The normalized spacial score (nSPS) is 18.7. The van der Waals surface area contributed by atoms with Gasteiger partial charge in [-0.15, -0.1) is 0 Å². The van der Waals surface area contributed by atoms with E-state index in [9.17, 15) is 10.1 Å². The third-order valence-electron chi connectivity index (χ3n) is 5.48. The molecule has 0 saturated carbocycles. The van der Waals surface area contributed by atoms with Crippen LogP contribution in [-0.2, 0) is 4.79 Å². The Morgan fingerprint density at radius 3 is 2.70 bits per heavy atom. The van der Waals surface area contributed by atoms with Crippen LogP contribution < -0.4 is 14.4 Å². The smallest absolute Gasteiger partial charge is 0.229 e. The number of fused-ring (bicyclic) bond motifs is 1. The molecule has 4 rings (SSSR count). The van der Waals surface area contributed by atoms with Crippen LogP contribution in [0.5, 0.6) is 11.5 Å². The predicted molar refractivity (Wildman–Crippen MR) is 117 cm³/mol. The van der Waals surface area contributed by atoms with Gasteiger partial charge in [0.1, 0.15) is 11.5 Å². The van der Waals surface area contributed by atoms with Gasteiger partial charge in [0, 0.05) is 29.7 Å². The summed E-state index contributed by atoms with van der Waals surface area (Å²) in [6, 6.07) is 16.1. The lowest BCUT2D eigenvalue weighted by Crippen LogP contribution is -2.47. The van der Waals surface area contributed by atoms with E-state index in [1.165, 1.54) is 17.3 Å². The third kappa shape index (κ3) is 3.59. The first-order chi connectivity index (χ1) is 14.5. The van der Waals surface area contributed by atoms with E-state index in [0.29, 0.717) is 29.6 Å². The van der Waals surface area contributed by atoms with Crippen LogP contribution in [0.2, 0.25) is 0 Å². The summed E-state index contributed by atoms with van der Waals surface area (Å²) in [6.07, 6.45) is 0.233. The minimum Gasteiger partial charge on any atom is -0.497 e. The summed E-state index contributed by atoms with van der Waals surface area (Å²) in [6.45, 7) is 2.50. The number of carbonyl (C=O) groups is 1. The summed E-state index contributed by atoms with van der Waals surface area (Å²) in [7, 11) is 3.18. The van der Waals surface area contributed by atoms with Gasteiger partial charge in [-0.2, -0.15) is 5.26 Å². The number of methoxy groups -OCH3 is 2. The number of nitriles is 1. The van der Waals surface area contributed by atoms with Crippen LogP contribution in [0.1, 0.15) is 23.5 Å². The topological polar surface area (TPSA) is 65.8 Å². The standard InChI is InChI=1S/C23H23N3O3S/c1-15-5-4-6-16(9-15)25-13-26-22(27)11-19(20(12-24)23(26)30-14-25)18-8-7-17(28-2)10-21(18)29-3/h4-10,19H,11,13-14H2,1-3H3. The second kappa shape index (κ2) is 8.33. The molecule has 1 amide bonds. The molecule has 1 unspecified atom stereocenters. The highest BCUT2D eigenvalue weighted by Crippen LogP contribution is 2.45. The second-order valence-electron chi connectivity index (χ2n) is 7.31. The fraction of sp³-hybridized carbons (Fsp3) is 0.304. The Bertz CT molecular complexity index is 1060. The first-order valence-corrected chi connectivity index (χ1v) is 10.6. The van der Waals surface area contributed by atoms with Crippen LogP contribution in [0.25, 0.3) is 0 Å². The van der Waals surface area contributed by atoms with E-state index < -0.39 is 0 Å². The van der Waals surface area contributed by atoms with Crippen molar-refractivity contribution in [2.45, 2.75) is 19.3 Å². The summed E-state index contributed by atoms with van der Waals surface area (Å²) in [5.74, 6) is 1.66. The zero-order valence-electron chi connectivity index (χ0n) is 17.2. The molecule has 30 heavy (non-hydrogen) atoms. The van der Waals surface area contributed by atoms with E-state index in [-0.39, 0.29) is 18.2 Å². The minimum atomic E-state index is -0.326. The number of aryl methyl sites for hydroxylation is 1. The van der Waals surface area contributed by atoms with E-state index in [0.717, 1.165) is 16.3 Å². The number of hydrogen-bond acceptors (Lipinski definition) is 6. The molecule has 0 aliphatic carbocycles. The summed E-state index contributed by atoms with van der Waals surface area (Å²) >= 11 is 1.53. The Balaban J connectivity index is 1.69. The van der Waals surface area contributed by atoms with Crippen molar-refractivity contribution in [1.82, 2.24) is 4.90 Å². The van der Waals surface area contributed by atoms with Gasteiger partial charge < -0.3 is 14.4 Å². The van der Waals surface area contributed by atoms with Crippen LogP contribution in [-0.4, -0.2) is 37.6 Å². The highest BCUT2D eigenvalue weighted by Gasteiger charge is 2.39. The molecule has 6 nitrogen and oxygen atoms in total. The molecular weight excluding hydrogens is 398 g/mol. The van der Waals surface area contributed by atoms with Gasteiger partial charge in [-0.05, 0) is 30.7 Å². The number of amides is 1. The zero-order valence-corrected chi connectivity index (χ0v) is 18.0.